The number of methoxy groups -OCH3 is 1. The number of para-hydroxylation sites is 3. The van der Waals surface area contributed by atoms with E-state index in [4.69, 9.17) is 9.47 Å². The van der Waals surface area contributed by atoms with Crippen molar-refractivity contribution in [2.75, 3.05) is 25.6 Å². The first-order valence-electron chi connectivity index (χ1n) is 9.73. The molecule has 0 aliphatic heterocycles. The molecule has 0 saturated heterocycles. The predicted molar refractivity (Wildman–Crippen MR) is 117 cm³/mol. The number of hydrogen-bond donors (Lipinski definition) is 2. The first-order valence-corrected chi connectivity index (χ1v) is 9.73. The van der Waals surface area contributed by atoms with E-state index in [1.54, 1.807) is 19.2 Å². The van der Waals surface area contributed by atoms with Crippen molar-refractivity contribution < 1.29 is 19.4 Å². The van der Waals surface area contributed by atoms with Crippen molar-refractivity contribution in [3.63, 3.8) is 0 Å². The Kier molecular flexibility index (Phi) is 7.29. The molecule has 0 heterocycles. The minimum absolute atomic E-state index is 0.149. The van der Waals surface area contributed by atoms with E-state index in [1.165, 1.54) is 4.90 Å². The van der Waals surface area contributed by atoms with Crippen molar-refractivity contribution in [3.05, 3.63) is 83.9 Å². The van der Waals surface area contributed by atoms with Crippen molar-refractivity contribution >= 4 is 11.7 Å². The highest BCUT2D eigenvalue weighted by Gasteiger charge is 2.17. The van der Waals surface area contributed by atoms with Crippen LogP contribution in [-0.4, -0.2) is 36.3 Å². The highest BCUT2D eigenvalue weighted by molar-refractivity contribution is 5.91. The van der Waals surface area contributed by atoms with Crippen molar-refractivity contribution in [1.29, 1.82) is 0 Å². The summed E-state index contributed by atoms with van der Waals surface area (Å²) in [6, 6.07) is 22.1. The molecule has 156 valence electrons. The largest absolute Gasteiger partial charge is 0.496 e. The molecule has 3 rings (SSSR count). The standard InChI is InChI=1S/C24H26N2O4/c1-18-8-7-10-20(16-18)30-23-13-6-4-11-21(23)25-24(28)26(14-15-27)17-19-9-3-5-12-22(19)29-2/h3-13,16,27H,14-15,17H2,1-2H3,(H,25,28). The number of ether oxygens (including phenoxy) is 2. The Morgan fingerprint density at radius 1 is 1.00 bits per heavy atom. The van der Waals surface area contributed by atoms with Gasteiger partial charge in [-0.3, -0.25) is 0 Å². The zero-order valence-corrected chi connectivity index (χ0v) is 17.2. The summed E-state index contributed by atoms with van der Waals surface area (Å²) < 4.78 is 11.4. The lowest BCUT2D eigenvalue weighted by Crippen LogP contribution is -2.36. The van der Waals surface area contributed by atoms with Crippen molar-refractivity contribution in [2.45, 2.75) is 13.5 Å². The number of aliphatic hydroxyl groups is 1. The molecule has 0 spiro atoms. The lowest BCUT2D eigenvalue weighted by atomic mass is 10.2. The van der Waals surface area contributed by atoms with Gasteiger partial charge in [0.25, 0.3) is 0 Å². The Bertz CT molecular complexity index is 990. The van der Waals surface area contributed by atoms with Gasteiger partial charge in [0.2, 0.25) is 0 Å². The molecule has 0 radical (unpaired) electrons. The minimum atomic E-state index is -0.338. The Morgan fingerprint density at radius 3 is 2.47 bits per heavy atom. The van der Waals surface area contributed by atoms with Crippen LogP contribution in [0.3, 0.4) is 0 Å². The second-order valence-corrected chi connectivity index (χ2v) is 6.80. The molecule has 3 aromatic rings. The summed E-state index contributed by atoms with van der Waals surface area (Å²) in [4.78, 5) is 14.5. The molecule has 0 fully saturated rings. The van der Waals surface area contributed by atoms with Crippen LogP contribution in [0, 0.1) is 6.92 Å². The number of anilines is 1. The first-order chi connectivity index (χ1) is 14.6. The van der Waals surface area contributed by atoms with Crippen LogP contribution in [0.4, 0.5) is 10.5 Å². The highest BCUT2D eigenvalue weighted by Crippen LogP contribution is 2.30. The number of rotatable bonds is 8. The van der Waals surface area contributed by atoms with E-state index in [-0.39, 0.29) is 19.2 Å². The van der Waals surface area contributed by atoms with Crippen molar-refractivity contribution in [1.82, 2.24) is 4.90 Å². The number of aryl methyl sites for hydroxylation is 1. The highest BCUT2D eigenvalue weighted by atomic mass is 16.5. The fraction of sp³-hybridized carbons (Fsp3) is 0.208. The van der Waals surface area contributed by atoms with Crippen LogP contribution in [-0.2, 0) is 6.54 Å². The maximum Gasteiger partial charge on any atom is 0.322 e. The van der Waals surface area contributed by atoms with E-state index in [1.807, 2.05) is 67.6 Å². The number of urea groups is 1. The molecule has 0 bridgehead atoms. The number of benzene rings is 3. The SMILES string of the molecule is COc1ccccc1CN(CCO)C(=O)Nc1ccccc1Oc1cccc(C)c1. The Hall–Kier alpha value is -3.51. The number of nitrogens with one attached hydrogen (secondary N) is 1. The Labute approximate surface area is 176 Å². The maximum absolute atomic E-state index is 13.0. The van der Waals surface area contributed by atoms with Crippen LogP contribution in [0.2, 0.25) is 0 Å². The third-order valence-corrected chi connectivity index (χ3v) is 4.56. The second kappa shape index (κ2) is 10.3. The Morgan fingerprint density at radius 2 is 1.73 bits per heavy atom. The lowest BCUT2D eigenvalue weighted by molar-refractivity contribution is 0.184. The third-order valence-electron chi connectivity index (χ3n) is 4.56. The zero-order chi connectivity index (χ0) is 21.3. The number of aliphatic hydroxyl groups excluding tert-OH is 1. The van der Waals surface area contributed by atoms with E-state index in [0.29, 0.717) is 29.5 Å². The smallest absolute Gasteiger partial charge is 0.322 e. The molecule has 2 N–H and O–H groups in total. The summed E-state index contributed by atoms with van der Waals surface area (Å²) in [6.07, 6.45) is 0. The van der Waals surface area contributed by atoms with Gasteiger partial charge in [0.15, 0.2) is 5.75 Å². The summed E-state index contributed by atoms with van der Waals surface area (Å²) in [5.41, 5.74) is 2.49. The fourth-order valence-electron chi connectivity index (χ4n) is 3.07. The molecular formula is C24H26N2O4. The predicted octanol–water partition coefficient (Wildman–Crippen LogP) is 4.82. The summed E-state index contributed by atoms with van der Waals surface area (Å²) in [5, 5.41) is 12.4. The van der Waals surface area contributed by atoms with Gasteiger partial charge in [-0.25, -0.2) is 4.79 Å². The van der Waals surface area contributed by atoms with Gasteiger partial charge < -0.3 is 24.8 Å². The minimum Gasteiger partial charge on any atom is -0.496 e. The lowest BCUT2D eigenvalue weighted by Gasteiger charge is -2.24. The summed E-state index contributed by atoms with van der Waals surface area (Å²) in [6.45, 7) is 2.33. The van der Waals surface area contributed by atoms with Gasteiger partial charge in [0.05, 0.1) is 25.9 Å². The second-order valence-electron chi connectivity index (χ2n) is 6.80. The van der Waals surface area contributed by atoms with Gasteiger partial charge in [0.1, 0.15) is 11.5 Å². The Balaban J connectivity index is 1.77. The van der Waals surface area contributed by atoms with Gasteiger partial charge in [-0.1, -0.05) is 42.5 Å². The third kappa shape index (κ3) is 5.52. The number of carbonyl (C=O) groups is 1. The van der Waals surface area contributed by atoms with E-state index < -0.39 is 0 Å². The van der Waals surface area contributed by atoms with Gasteiger partial charge in [-0.05, 0) is 42.8 Å². The molecule has 6 heteroatoms. The van der Waals surface area contributed by atoms with Crippen LogP contribution < -0.4 is 14.8 Å². The van der Waals surface area contributed by atoms with E-state index in [2.05, 4.69) is 5.32 Å². The number of nitrogens with zero attached hydrogens (tertiary/aromatic N) is 1. The zero-order valence-electron chi connectivity index (χ0n) is 17.2. The van der Waals surface area contributed by atoms with Crippen LogP contribution in [0.1, 0.15) is 11.1 Å². The average molecular weight is 406 g/mol. The van der Waals surface area contributed by atoms with Crippen LogP contribution in [0.15, 0.2) is 72.8 Å². The summed E-state index contributed by atoms with van der Waals surface area (Å²) >= 11 is 0. The molecule has 0 aliphatic carbocycles. The van der Waals surface area contributed by atoms with E-state index in [9.17, 15) is 9.90 Å². The number of carbonyl (C=O) groups excluding carboxylic acids is 1. The van der Waals surface area contributed by atoms with Crippen LogP contribution in [0.25, 0.3) is 0 Å². The molecule has 0 aliphatic rings. The fourth-order valence-corrected chi connectivity index (χ4v) is 3.07. The topological polar surface area (TPSA) is 71.0 Å². The van der Waals surface area contributed by atoms with Gasteiger partial charge in [-0.15, -0.1) is 0 Å². The monoisotopic (exact) mass is 406 g/mol. The first kappa shape index (κ1) is 21.2. The van der Waals surface area contributed by atoms with Crippen LogP contribution >= 0.6 is 0 Å². The molecule has 0 atom stereocenters. The number of hydrogen-bond acceptors (Lipinski definition) is 4. The van der Waals surface area contributed by atoms with E-state index >= 15 is 0 Å². The van der Waals surface area contributed by atoms with Crippen molar-refractivity contribution in [3.8, 4) is 17.2 Å². The molecule has 6 nitrogen and oxygen atoms in total. The van der Waals surface area contributed by atoms with E-state index in [0.717, 1.165) is 11.1 Å². The summed E-state index contributed by atoms with van der Waals surface area (Å²) in [7, 11) is 1.59. The maximum atomic E-state index is 13.0. The van der Waals surface area contributed by atoms with Gasteiger partial charge in [0, 0.05) is 12.1 Å². The molecular weight excluding hydrogens is 380 g/mol. The molecule has 0 saturated carbocycles. The average Bonchev–Trinajstić information content (AvgIpc) is 2.75. The molecule has 30 heavy (non-hydrogen) atoms. The van der Waals surface area contributed by atoms with Crippen LogP contribution in [0.5, 0.6) is 17.2 Å². The quantitative estimate of drug-likeness (QED) is 0.563. The summed E-state index contributed by atoms with van der Waals surface area (Å²) in [5.74, 6) is 1.92. The molecule has 0 aromatic heterocycles. The van der Waals surface area contributed by atoms with Gasteiger partial charge in [-0.2, -0.15) is 0 Å². The molecule has 3 aromatic carbocycles. The molecule has 0 unspecified atom stereocenters. The van der Waals surface area contributed by atoms with Crippen molar-refractivity contribution in [2.24, 2.45) is 0 Å². The molecule has 2 amide bonds. The number of amides is 2. The normalized spacial score (nSPS) is 10.4. The van der Waals surface area contributed by atoms with Gasteiger partial charge >= 0.3 is 6.03 Å².